The Hall–Kier alpha value is -2.40. The highest BCUT2D eigenvalue weighted by Crippen LogP contribution is 2.49. The van der Waals surface area contributed by atoms with Crippen LogP contribution in [0.25, 0.3) is 0 Å². The second-order valence-electron chi connectivity index (χ2n) is 11.4. The summed E-state index contributed by atoms with van der Waals surface area (Å²) in [4.78, 5) is 28.9. The zero-order chi connectivity index (χ0) is 26.5. The number of esters is 1. The van der Waals surface area contributed by atoms with Crippen molar-refractivity contribution in [2.75, 3.05) is 7.11 Å². The fraction of sp³-hybridized carbons (Fsp3) is 0.625. The van der Waals surface area contributed by atoms with Gasteiger partial charge in [0.05, 0.1) is 30.9 Å². The van der Waals surface area contributed by atoms with Gasteiger partial charge in [-0.2, -0.15) is 0 Å². The molecule has 37 heavy (non-hydrogen) atoms. The molecule has 2 aliphatic carbocycles. The zero-order valence-corrected chi connectivity index (χ0v) is 23.2. The van der Waals surface area contributed by atoms with E-state index < -0.39 is 0 Å². The number of methoxy groups -OCH3 is 1. The van der Waals surface area contributed by atoms with Crippen LogP contribution in [0.5, 0.6) is 0 Å². The van der Waals surface area contributed by atoms with E-state index in [2.05, 4.69) is 56.1 Å². The minimum atomic E-state index is -0.271. The van der Waals surface area contributed by atoms with Gasteiger partial charge in [0.15, 0.2) is 5.78 Å². The first kappa shape index (κ1) is 27.6. The number of Topliss-reactive ketones (excluding diaryl/α,β-unsaturated/α-hetero) is 1. The van der Waals surface area contributed by atoms with E-state index in [1.807, 2.05) is 25.3 Å². The van der Waals surface area contributed by atoms with Crippen LogP contribution in [0.1, 0.15) is 76.7 Å². The number of hydrogen-bond acceptors (Lipinski definition) is 4. The summed E-state index contributed by atoms with van der Waals surface area (Å²) in [6.07, 6.45) is 19.2. The number of rotatable bonds is 9. The van der Waals surface area contributed by atoms with Crippen molar-refractivity contribution in [2.45, 2.75) is 78.4 Å². The molecule has 3 aliphatic rings. The smallest absolute Gasteiger partial charge is 0.311 e. The fourth-order valence-electron chi connectivity index (χ4n) is 7.06. The van der Waals surface area contributed by atoms with Crippen LogP contribution in [0.2, 0.25) is 0 Å². The van der Waals surface area contributed by atoms with Crippen LogP contribution in [-0.4, -0.2) is 36.1 Å². The third kappa shape index (κ3) is 5.87. The van der Waals surface area contributed by atoms with Gasteiger partial charge in [0, 0.05) is 18.0 Å². The topological polar surface area (TPSA) is 68.4 Å². The van der Waals surface area contributed by atoms with E-state index in [4.69, 9.17) is 9.47 Å². The van der Waals surface area contributed by atoms with Crippen molar-refractivity contribution >= 4 is 11.8 Å². The molecule has 0 amide bonds. The van der Waals surface area contributed by atoms with E-state index in [9.17, 15) is 9.59 Å². The fourth-order valence-corrected chi connectivity index (χ4v) is 7.06. The Balaban J connectivity index is 1.54. The number of aromatic amines is 1. The molecule has 9 atom stereocenters. The second-order valence-corrected chi connectivity index (χ2v) is 11.4. The van der Waals surface area contributed by atoms with E-state index in [1.165, 1.54) is 25.5 Å². The summed E-state index contributed by atoms with van der Waals surface area (Å²) in [5, 5.41) is 0. The lowest BCUT2D eigenvalue weighted by molar-refractivity contribution is -0.156. The molecule has 2 fully saturated rings. The summed E-state index contributed by atoms with van der Waals surface area (Å²) in [5.41, 5.74) is 1.96. The molecule has 1 saturated heterocycles. The highest BCUT2D eigenvalue weighted by Gasteiger charge is 2.45. The molecule has 2 heterocycles. The highest BCUT2D eigenvalue weighted by atomic mass is 16.5. The lowest BCUT2D eigenvalue weighted by atomic mass is 9.68. The van der Waals surface area contributed by atoms with E-state index in [-0.39, 0.29) is 41.7 Å². The van der Waals surface area contributed by atoms with Crippen LogP contribution in [0.3, 0.4) is 0 Å². The molecule has 0 unspecified atom stereocenters. The number of aromatic nitrogens is 1. The minimum Gasteiger partial charge on any atom is -0.469 e. The minimum absolute atomic E-state index is 0.0109. The van der Waals surface area contributed by atoms with Gasteiger partial charge in [0.1, 0.15) is 0 Å². The van der Waals surface area contributed by atoms with Gasteiger partial charge in [0.2, 0.25) is 0 Å². The second kappa shape index (κ2) is 12.4. The molecule has 1 saturated carbocycles. The zero-order valence-electron chi connectivity index (χ0n) is 23.2. The quantitative estimate of drug-likeness (QED) is 0.170. The van der Waals surface area contributed by atoms with E-state index in [0.29, 0.717) is 23.7 Å². The van der Waals surface area contributed by atoms with Crippen LogP contribution < -0.4 is 0 Å². The Morgan fingerprint density at radius 2 is 2.00 bits per heavy atom. The number of ketones is 1. The summed E-state index contributed by atoms with van der Waals surface area (Å²) in [5.74, 6) is 1.78. The molecule has 5 nitrogen and oxygen atoms in total. The summed E-state index contributed by atoms with van der Waals surface area (Å²) in [6.45, 7) is 8.57. The van der Waals surface area contributed by atoms with Crippen LogP contribution >= 0.6 is 0 Å². The molecule has 202 valence electrons. The van der Waals surface area contributed by atoms with Gasteiger partial charge >= 0.3 is 5.97 Å². The Kier molecular flexibility index (Phi) is 9.28. The van der Waals surface area contributed by atoms with Crippen molar-refractivity contribution in [3.8, 4) is 0 Å². The van der Waals surface area contributed by atoms with Crippen LogP contribution in [-0.2, 0) is 14.3 Å². The molecular weight excluding hydrogens is 462 g/mol. The molecule has 0 radical (unpaired) electrons. The average Bonchev–Trinajstić information content (AvgIpc) is 3.60. The van der Waals surface area contributed by atoms with Gasteiger partial charge in [-0.15, -0.1) is 0 Å². The summed E-state index contributed by atoms with van der Waals surface area (Å²) >= 11 is 0. The number of carbonyl (C=O) groups excluding carboxylic acids is 2. The number of hydrogen-bond donors (Lipinski definition) is 1. The molecular formula is C32H45NO4. The third-order valence-electron chi connectivity index (χ3n) is 9.32. The molecule has 1 aliphatic heterocycles. The molecule has 1 aromatic rings. The number of allylic oxidation sites excluding steroid dienone is 5. The molecule has 5 heteroatoms. The van der Waals surface area contributed by atoms with Gasteiger partial charge in [0.25, 0.3) is 0 Å². The van der Waals surface area contributed by atoms with E-state index in [1.54, 1.807) is 0 Å². The molecule has 0 spiro atoms. The first-order valence-electron chi connectivity index (χ1n) is 14.4. The summed E-state index contributed by atoms with van der Waals surface area (Å²) in [7, 11) is 1.44. The maximum Gasteiger partial charge on any atom is 0.311 e. The summed E-state index contributed by atoms with van der Waals surface area (Å²) < 4.78 is 11.5. The molecule has 4 rings (SSSR count). The maximum atomic E-state index is 13.7. The highest BCUT2D eigenvalue weighted by molar-refractivity contribution is 5.97. The monoisotopic (exact) mass is 507 g/mol. The van der Waals surface area contributed by atoms with Crippen LogP contribution in [0.4, 0.5) is 0 Å². The number of carbonyl (C=O) groups is 2. The molecule has 1 aromatic heterocycles. The molecule has 0 bridgehead atoms. The first-order chi connectivity index (χ1) is 17.9. The predicted octanol–water partition coefficient (Wildman–Crippen LogP) is 6.94. The molecule has 0 aromatic carbocycles. The SMILES string of the molecule is CC/C(=C\C=C\[C@@H]1C=C[C@@H]2[C@@H](CC)CC[C@H]2[C@@H]1C(=O)c1ccc[nH]1)[C@@H]1O[C@@H]([C@@H](C)C(=O)OC)CC[C@@H]1C. The van der Waals surface area contributed by atoms with Crippen molar-refractivity contribution in [2.24, 2.45) is 41.4 Å². The number of fused-ring (bicyclic) bond motifs is 1. The van der Waals surface area contributed by atoms with Crippen molar-refractivity contribution in [1.29, 1.82) is 0 Å². The Morgan fingerprint density at radius 3 is 2.68 bits per heavy atom. The van der Waals surface area contributed by atoms with Gasteiger partial charge in [-0.05, 0) is 80.4 Å². The lowest BCUT2D eigenvalue weighted by Gasteiger charge is -2.38. The Morgan fingerprint density at radius 1 is 1.19 bits per heavy atom. The third-order valence-corrected chi connectivity index (χ3v) is 9.32. The standard InChI is InChI=1S/C32H45NO4/c1-6-22-14-17-26-25(22)16-15-24(29(26)30(34)27-12-9-19-33-27)11-8-10-23(7-2)31-20(3)13-18-28(37-31)21(4)32(35)36-5/h8-12,15-16,19-22,24-26,28-29,31,33H,6-7,13-14,17-18H2,1-5H3/b11-8+,23-10+/t20-,21+,22-,24+,25+,26+,28+,29+,31+/m0/s1. The normalized spacial score (nSPS) is 34.9. The van der Waals surface area contributed by atoms with Crippen molar-refractivity contribution in [3.63, 3.8) is 0 Å². The van der Waals surface area contributed by atoms with E-state index >= 15 is 0 Å². The van der Waals surface area contributed by atoms with Gasteiger partial charge in [-0.25, -0.2) is 0 Å². The lowest BCUT2D eigenvalue weighted by Crippen LogP contribution is -2.40. The number of nitrogens with one attached hydrogen (secondary N) is 1. The number of H-pyrrole nitrogens is 1. The van der Waals surface area contributed by atoms with Crippen molar-refractivity contribution in [1.82, 2.24) is 4.98 Å². The Bertz CT molecular complexity index is 1010. The van der Waals surface area contributed by atoms with Crippen LogP contribution in [0.15, 0.2) is 54.3 Å². The van der Waals surface area contributed by atoms with E-state index in [0.717, 1.165) is 31.4 Å². The van der Waals surface area contributed by atoms with Crippen LogP contribution in [0, 0.1) is 41.4 Å². The Labute approximate surface area is 222 Å². The van der Waals surface area contributed by atoms with Crippen molar-refractivity contribution < 1.29 is 19.1 Å². The van der Waals surface area contributed by atoms with Gasteiger partial charge in [-0.3, -0.25) is 9.59 Å². The number of ether oxygens (including phenoxy) is 2. The molecule has 1 N–H and O–H groups in total. The summed E-state index contributed by atoms with van der Waals surface area (Å²) in [6, 6.07) is 3.82. The van der Waals surface area contributed by atoms with Gasteiger partial charge in [-0.1, -0.05) is 57.6 Å². The van der Waals surface area contributed by atoms with Crippen molar-refractivity contribution in [3.05, 3.63) is 60.0 Å². The first-order valence-corrected chi connectivity index (χ1v) is 14.4. The average molecular weight is 508 g/mol. The van der Waals surface area contributed by atoms with Gasteiger partial charge < -0.3 is 14.5 Å². The predicted molar refractivity (Wildman–Crippen MR) is 147 cm³/mol. The largest absolute Gasteiger partial charge is 0.469 e. The maximum absolute atomic E-state index is 13.7.